The topological polar surface area (TPSA) is 38.5 Å². The van der Waals surface area contributed by atoms with Crippen molar-refractivity contribution in [1.29, 1.82) is 0 Å². The van der Waals surface area contributed by atoms with Crippen LogP contribution in [0.15, 0.2) is 6.07 Å². The molecule has 1 saturated heterocycles. The Kier molecular flexibility index (Phi) is 4.28. The van der Waals surface area contributed by atoms with E-state index in [0.717, 1.165) is 13.0 Å². The molecule has 6 heteroatoms. The number of halogens is 3. The number of ether oxygens (including phenoxy) is 1. The third kappa shape index (κ3) is 2.55. The summed E-state index contributed by atoms with van der Waals surface area (Å²) < 4.78 is 32.6. The number of hydrogen-bond acceptors (Lipinski definition) is 3. The van der Waals surface area contributed by atoms with Crippen molar-refractivity contribution in [2.45, 2.75) is 12.5 Å². The number of methoxy groups -OCH3 is 1. The Balaban J connectivity index is 2.45. The molecule has 2 atom stereocenters. The fourth-order valence-electron chi connectivity index (χ4n) is 2.69. The molecular weight excluding hydrogens is 274 g/mol. The maximum absolute atomic E-state index is 13.9. The zero-order valence-electron chi connectivity index (χ0n) is 10.9. The summed E-state index contributed by atoms with van der Waals surface area (Å²) in [5.41, 5.74) is 6.15. The first kappa shape index (κ1) is 14.5. The van der Waals surface area contributed by atoms with Gasteiger partial charge in [0.25, 0.3) is 0 Å². The van der Waals surface area contributed by atoms with Crippen molar-refractivity contribution in [1.82, 2.24) is 4.90 Å². The van der Waals surface area contributed by atoms with E-state index in [-0.39, 0.29) is 11.8 Å². The molecule has 1 aliphatic heterocycles. The summed E-state index contributed by atoms with van der Waals surface area (Å²) in [7, 11) is 3.26. The summed E-state index contributed by atoms with van der Waals surface area (Å²) in [6.45, 7) is 1.36. The summed E-state index contributed by atoms with van der Waals surface area (Å²) in [6, 6.07) is 1.15. The van der Waals surface area contributed by atoms with E-state index < -0.39 is 16.7 Å². The van der Waals surface area contributed by atoms with Gasteiger partial charge in [0, 0.05) is 18.2 Å². The van der Waals surface area contributed by atoms with Crippen molar-refractivity contribution in [2.75, 3.05) is 27.2 Å². The Morgan fingerprint density at radius 1 is 1.53 bits per heavy atom. The van der Waals surface area contributed by atoms with E-state index in [1.807, 2.05) is 11.9 Å². The molecule has 19 heavy (non-hydrogen) atoms. The second-order valence-electron chi connectivity index (χ2n) is 4.90. The molecule has 0 aliphatic carbocycles. The first-order valence-corrected chi connectivity index (χ1v) is 6.49. The van der Waals surface area contributed by atoms with Crippen molar-refractivity contribution in [3.63, 3.8) is 0 Å². The Morgan fingerprint density at radius 3 is 2.74 bits per heavy atom. The average Bonchev–Trinajstić information content (AvgIpc) is 2.77. The van der Waals surface area contributed by atoms with Gasteiger partial charge in [-0.05, 0) is 32.0 Å². The van der Waals surface area contributed by atoms with Gasteiger partial charge in [-0.2, -0.15) is 0 Å². The number of benzene rings is 1. The van der Waals surface area contributed by atoms with Crippen molar-refractivity contribution >= 4 is 11.6 Å². The highest BCUT2D eigenvalue weighted by Gasteiger charge is 2.33. The molecule has 2 N–H and O–H groups in total. The summed E-state index contributed by atoms with van der Waals surface area (Å²) in [4.78, 5) is 2.03. The quantitative estimate of drug-likeness (QED) is 0.870. The van der Waals surface area contributed by atoms with E-state index >= 15 is 0 Å². The first-order valence-electron chi connectivity index (χ1n) is 6.11. The monoisotopic (exact) mass is 290 g/mol. The highest BCUT2D eigenvalue weighted by Crippen LogP contribution is 2.41. The van der Waals surface area contributed by atoms with E-state index in [1.165, 1.54) is 13.2 Å². The van der Waals surface area contributed by atoms with Crippen LogP contribution in [0.2, 0.25) is 5.02 Å². The molecule has 106 valence electrons. The summed E-state index contributed by atoms with van der Waals surface area (Å²) >= 11 is 5.57. The van der Waals surface area contributed by atoms with Gasteiger partial charge in [0.05, 0.1) is 7.11 Å². The van der Waals surface area contributed by atoms with E-state index in [4.69, 9.17) is 22.1 Å². The standard InChI is InChI=1S/C13H17ClF2N2O/c1-18-6-7(5-17)3-10(18)8-4-9(15)11(14)12(16)13(8)19-2/h4,7,10H,3,5-6,17H2,1-2H3. The minimum Gasteiger partial charge on any atom is -0.493 e. The molecule has 2 unspecified atom stereocenters. The van der Waals surface area contributed by atoms with E-state index in [2.05, 4.69) is 0 Å². The fraction of sp³-hybridized carbons (Fsp3) is 0.538. The van der Waals surface area contributed by atoms with Gasteiger partial charge < -0.3 is 10.5 Å². The van der Waals surface area contributed by atoms with Crippen LogP contribution in [0, 0.1) is 17.6 Å². The van der Waals surface area contributed by atoms with E-state index in [0.29, 0.717) is 18.0 Å². The Morgan fingerprint density at radius 2 is 2.21 bits per heavy atom. The molecule has 0 spiro atoms. The predicted octanol–water partition coefficient (Wildman–Crippen LogP) is 2.58. The van der Waals surface area contributed by atoms with Gasteiger partial charge in [-0.25, -0.2) is 8.78 Å². The predicted molar refractivity (Wildman–Crippen MR) is 70.5 cm³/mol. The lowest BCUT2D eigenvalue weighted by Gasteiger charge is -2.22. The van der Waals surface area contributed by atoms with Crippen LogP contribution in [0.3, 0.4) is 0 Å². The molecule has 3 nitrogen and oxygen atoms in total. The summed E-state index contributed by atoms with van der Waals surface area (Å²) in [5, 5.41) is -0.531. The Bertz CT molecular complexity index is 484. The molecular formula is C13H17ClF2N2O. The Hall–Kier alpha value is -0.910. The molecule has 1 fully saturated rings. The molecule has 2 rings (SSSR count). The van der Waals surface area contributed by atoms with E-state index in [1.54, 1.807) is 0 Å². The minimum absolute atomic E-state index is 0.0147. The molecule has 1 aliphatic rings. The van der Waals surface area contributed by atoms with Crippen molar-refractivity contribution in [3.8, 4) is 5.75 Å². The second kappa shape index (κ2) is 5.61. The van der Waals surface area contributed by atoms with Gasteiger partial charge in [-0.1, -0.05) is 11.6 Å². The zero-order valence-corrected chi connectivity index (χ0v) is 11.7. The smallest absolute Gasteiger partial charge is 0.186 e. The number of likely N-dealkylation sites (tertiary alicyclic amines) is 1. The van der Waals surface area contributed by atoms with Gasteiger partial charge in [-0.15, -0.1) is 0 Å². The van der Waals surface area contributed by atoms with Crippen molar-refractivity contribution in [3.05, 3.63) is 28.3 Å². The maximum atomic E-state index is 13.9. The fourth-order valence-corrected chi connectivity index (χ4v) is 2.83. The minimum atomic E-state index is -0.844. The molecule has 0 saturated carbocycles. The van der Waals surface area contributed by atoms with Crippen LogP contribution in [0.25, 0.3) is 0 Å². The van der Waals surface area contributed by atoms with Crippen molar-refractivity contribution < 1.29 is 13.5 Å². The normalized spacial score (nSPS) is 23.9. The molecule has 0 aromatic heterocycles. The van der Waals surface area contributed by atoms with Crippen LogP contribution in [0.5, 0.6) is 5.75 Å². The molecule has 0 bridgehead atoms. The molecule has 1 aromatic carbocycles. The van der Waals surface area contributed by atoms with E-state index in [9.17, 15) is 8.78 Å². The lowest BCUT2D eigenvalue weighted by molar-refractivity contribution is 0.297. The van der Waals surface area contributed by atoms with Gasteiger partial charge >= 0.3 is 0 Å². The third-order valence-electron chi connectivity index (χ3n) is 3.68. The average molecular weight is 291 g/mol. The van der Waals surface area contributed by atoms with Gasteiger partial charge in [0.15, 0.2) is 11.6 Å². The largest absolute Gasteiger partial charge is 0.493 e. The van der Waals surface area contributed by atoms with Crippen LogP contribution in [0.1, 0.15) is 18.0 Å². The van der Waals surface area contributed by atoms with Crippen LogP contribution in [-0.2, 0) is 0 Å². The highest BCUT2D eigenvalue weighted by atomic mass is 35.5. The lowest BCUT2D eigenvalue weighted by atomic mass is 9.98. The summed E-state index contributed by atoms with van der Waals surface area (Å²) in [5.74, 6) is -1.27. The number of nitrogens with two attached hydrogens (primary N) is 1. The maximum Gasteiger partial charge on any atom is 0.186 e. The molecule has 1 heterocycles. The van der Waals surface area contributed by atoms with Gasteiger partial charge in [0.1, 0.15) is 10.8 Å². The third-order valence-corrected chi connectivity index (χ3v) is 4.02. The number of hydrogen-bond donors (Lipinski definition) is 1. The first-order chi connectivity index (χ1) is 8.99. The van der Waals surface area contributed by atoms with Crippen LogP contribution < -0.4 is 10.5 Å². The van der Waals surface area contributed by atoms with Gasteiger partial charge in [0.2, 0.25) is 0 Å². The molecule has 0 radical (unpaired) electrons. The number of nitrogens with zero attached hydrogens (tertiary/aromatic N) is 1. The molecule has 0 amide bonds. The van der Waals surface area contributed by atoms with Crippen LogP contribution in [-0.4, -0.2) is 32.1 Å². The zero-order chi connectivity index (χ0) is 14.2. The van der Waals surface area contributed by atoms with Crippen LogP contribution >= 0.6 is 11.6 Å². The van der Waals surface area contributed by atoms with Crippen molar-refractivity contribution in [2.24, 2.45) is 11.7 Å². The van der Waals surface area contributed by atoms with Crippen LogP contribution in [0.4, 0.5) is 8.78 Å². The Labute approximate surface area is 116 Å². The summed E-state index contributed by atoms with van der Waals surface area (Å²) in [6.07, 6.45) is 0.754. The SMILES string of the molecule is COc1c(C2CC(CN)CN2C)cc(F)c(Cl)c1F. The highest BCUT2D eigenvalue weighted by molar-refractivity contribution is 6.31. The van der Waals surface area contributed by atoms with Gasteiger partial charge in [-0.3, -0.25) is 4.90 Å². The lowest BCUT2D eigenvalue weighted by Crippen LogP contribution is -2.21. The molecule has 1 aromatic rings. The second-order valence-corrected chi connectivity index (χ2v) is 5.28. The number of rotatable bonds is 3.